The predicted molar refractivity (Wildman–Crippen MR) is 95.6 cm³/mol. The molecule has 126 valence electrons. The van der Waals surface area contributed by atoms with Gasteiger partial charge in [0.2, 0.25) is 5.91 Å². The van der Waals surface area contributed by atoms with E-state index in [9.17, 15) is 14.4 Å². The first-order chi connectivity index (χ1) is 12.0. The van der Waals surface area contributed by atoms with E-state index < -0.39 is 6.04 Å². The maximum Gasteiger partial charge on any atom is 0.217 e. The molecular formula is C21H19NO3. The minimum Gasteiger partial charge on any atom is -0.349 e. The smallest absolute Gasteiger partial charge is 0.217 e. The molecule has 0 aliphatic heterocycles. The van der Waals surface area contributed by atoms with Gasteiger partial charge in [-0.2, -0.15) is 0 Å². The molecule has 1 N–H and O–H groups in total. The summed E-state index contributed by atoms with van der Waals surface area (Å²) in [5.74, 6) is -0.587. The Bertz CT molecular complexity index is 881. The first-order valence-electron chi connectivity index (χ1n) is 8.19. The molecule has 2 aromatic carbocycles. The number of Topliss-reactive ketones (excluding diaryl/α,β-unsaturated/α-hetero) is 2. The summed E-state index contributed by atoms with van der Waals surface area (Å²) >= 11 is 0. The second-order valence-electron chi connectivity index (χ2n) is 6.19. The van der Waals surface area contributed by atoms with E-state index in [-0.39, 0.29) is 17.5 Å². The van der Waals surface area contributed by atoms with Crippen LogP contribution < -0.4 is 5.32 Å². The SMILES string of the molecule is CC(=O)NC(Cc1ccccc1)C1=C(C)C(=O)c2ccccc2C1=O. The molecule has 2 aromatic rings. The van der Waals surface area contributed by atoms with E-state index in [2.05, 4.69) is 5.32 Å². The third-order valence-corrected chi connectivity index (χ3v) is 4.41. The van der Waals surface area contributed by atoms with E-state index in [0.717, 1.165) is 5.56 Å². The summed E-state index contributed by atoms with van der Waals surface area (Å²) in [6.07, 6.45) is 0.453. The fourth-order valence-corrected chi connectivity index (χ4v) is 3.26. The summed E-state index contributed by atoms with van der Waals surface area (Å²) in [4.78, 5) is 37.4. The Kier molecular flexibility index (Phi) is 4.61. The number of hydrogen-bond acceptors (Lipinski definition) is 3. The molecule has 0 aromatic heterocycles. The molecule has 0 saturated carbocycles. The first kappa shape index (κ1) is 16.8. The number of benzene rings is 2. The maximum absolute atomic E-state index is 13.0. The molecule has 25 heavy (non-hydrogen) atoms. The molecule has 1 atom stereocenters. The van der Waals surface area contributed by atoms with E-state index in [0.29, 0.717) is 28.7 Å². The highest BCUT2D eigenvalue weighted by atomic mass is 16.2. The van der Waals surface area contributed by atoms with E-state index >= 15 is 0 Å². The molecule has 0 spiro atoms. The number of amides is 1. The molecule has 3 rings (SSSR count). The average molecular weight is 333 g/mol. The molecule has 0 heterocycles. The molecule has 1 amide bonds. The van der Waals surface area contributed by atoms with Crippen molar-refractivity contribution in [1.82, 2.24) is 5.32 Å². The molecule has 1 unspecified atom stereocenters. The Hall–Kier alpha value is -3.01. The number of carbonyl (C=O) groups is 3. The summed E-state index contributed by atoms with van der Waals surface area (Å²) in [5.41, 5.74) is 2.59. The third kappa shape index (κ3) is 3.29. The second kappa shape index (κ2) is 6.85. The van der Waals surface area contributed by atoms with Crippen molar-refractivity contribution in [2.75, 3.05) is 0 Å². The van der Waals surface area contributed by atoms with Crippen molar-refractivity contribution in [2.45, 2.75) is 26.3 Å². The molecule has 0 fully saturated rings. The second-order valence-corrected chi connectivity index (χ2v) is 6.19. The van der Waals surface area contributed by atoms with Crippen molar-refractivity contribution < 1.29 is 14.4 Å². The van der Waals surface area contributed by atoms with Crippen LogP contribution in [0.2, 0.25) is 0 Å². The van der Waals surface area contributed by atoms with Gasteiger partial charge in [0.05, 0.1) is 6.04 Å². The van der Waals surface area contributed by atoms with Crippen molar-refractivity contribution in [2.24, 2.45) is 0 Å². The Labute approximate surface area is 146 Å². The number of ketones is 2. The lowest BCUT2D eigenvalue weighted by Crippen LogP contribution is -2.41. The fourth-order valence-electron chi connectivity index (χ4n) is 3.26. The molecule has 0 saturated heterocycles. The zero-order valence-electron chi connectivity index (χ0n) is 14.2. The summed E-state index contributed by atoms with van der Waals surface area (Å²) < 4.78 is 0. The highest BCUT2D eigenvalue weighted by Crippen LogP contribution is 2.29. The minimum atomic E-state index is -0.537. The monoisotopic (exact) mass is 333 g/mol. The van der Waals surface area contributed by atoms with E-state index in [1.165, 1.54) is 6.92 Å². The van der Waals surface area contributed by atoms with Crippen LogP contribution in [0.25, 0.3) is 0 Å². The topological polar surface area (TPSA) is 63.2 Å². The van der Waals surface area contributed by atoms with Gasteiger partial charge < -0.3 is 5.32 Å². The molecule has 4 nitrogen and oxygen atoms in total. The van der Waals surface area contributed by atoms with Gasteiger partial charge in [0.1, 0.15) is 0 Å². The number of rotatable bonds is 4. The Morgan fingerprint density at radius 3 is 2.08 bits per heavy atom. The minimum absolute atomic E-state index is 0.159. The van der Waals surface area contributed by atoms with Crippen molar-refractivity contribution in [3.63, 3.8) is 0 Å². The number of hydrogen-bond donors (Lipinski definition) is 1. The highest BCUT2D eigenvalue weighted by molar-refractivity contribution is 6.27. The van der Waals surface area contributed by atoms with Gasteiger partial charge in [-0.05, 0) is 18.9 Å². The zero-order chi connectivity index (χ0) is 18.0. The van der Waals surface area contributed by atoms with E-state index in [4.69, 9.17) is 0 Å². The standard InChI is InChI=1S/C21H19NO3/c1-13-19(21(25)17-11-7-6-10-16(17)20(13)24)18(22-14(2)23)12-15-8-4-3-5-9-15/h3-11,18H,12H2,1-2H3,(H,22,23). The van der Waals surface area contributed by atoms with Gasteiger partial charge >= 0.3 is 0 Å². The first-order valence-corrected chi connectivity index (χ1v) is 8.19. The summed E-state index contributed by atoms with van der Waals surface area (Å²) in [6, 6.07) is 15.9. The fraction of sp³-hybridized carbons (Fsp3) is 0.190. The van der Waals surface area contributed by atoms with Gasteiger partial charge in [-0.3, -0.25) is 14.4 Å². The van der Waals surface area contributed by atoms with Crippen LogP contribution >= 0.6 is 0 Å². The normalized spacial score (nSPS) is 15.0. The van der Waals surface area contributed by atoms with Crippen LogP contribution in [0.3, 0.4) is 0 Å². The zero-order valence-corrected chi connectivity index (χ0v) is 14.2. The molecule has 0 bridgehead atoms. The molecule has 0 radical (unpaired) electrons. The highest BCUT2D eigenvalue weighted by Gasteiger charge is 2.34. The molecule has 1 aliphatic rings. The summed E-state index contributed by atoms with van der Waals surface area (Å²) in [5, 5.41) is 2.84. The lowest BCUT2D eigenvalue weighted by Gasteiger charge is -2.26. The predicted octanol–water partition coefficient (Wildman–Crippen LogP) is 3.13. The Morgan fingerprint density at radius 1 is 0.920 bits per heavy atom. The van der Waals surface area contributed by atoms with Gasteiger partial charge in [-0.1, -0.05) is 54.6 Å². The van der Waals surface area contributed by atoms with Crippen molar-refractivity contribution in [1.29, 1.82) is 0 Å². The summed E-state index contributed by atoms with van der Waals surface area (Å²) in [7, 11) is 0. The van der Waals surface area contributed by atoms with Gasteiger partial charge in [0.25, 0.3) is 0 Å². The maximum atomic E-state index is 13.0. The van der Waals surface area contributed by atoms with Gasteiger partial charge in [0, 0.05) is 29.2 Å². The number of nitrogens with one attached hydrogen (secondary N) is 1. The molecular weight excluding hydrogens is 314 g/mol. The van der Waals surface area contributed by atoms with Crippen molar-refractivity contribution in [3.05, 3.63) is 82.4 Å². The quantitative estimate of drug-likeness (QED) is 0.935. The van der Waals surface area contributed by atoms with E-state index in [1.807, 2.05) is 30.3 Å². The van der Waals surface area contributed by atoms with E-state index in [1.54, 1.807) is 31.2 Å². The average Bonchev–Trinajstić information content (AvgIpc) is 2.60. The number of allylic oxidation sites excluding steroid dienone is 1. The van der Waals surface area contributed by atoms with Gasteiger partial charge in [-0.15, -0.1) is 0 Å². The van der Waals surface area contributed by atoms with Crippen molar-refractivity contribution >= 4 is 17.5 Å². The molecule has 4 heteroatoms. The van der Waals surface area contributed by atoms with Crippen LogP contribution in [0.4, 0.5) is 0 Å². The van der Waals surface area contributed by atoms with Crippen LogP contribution in [0.5, 0.6) is 0 Å². The number of fused-ring (bicyclic) bond motifs is 1. The van der Waals surface area contributed by atoms with Crippen LogP contribution in [0, 0.1) is 0 Å². The molecule has 1 aliphatic carbocycles. The van der Waals surface area contributed by atoms with Crippen LogP contribution in [0.1, 0.15) is 40.1 Å². The summed E-state index contributed by atoms with van der Waals surface area (Å²) in [6.45, 7) is 3.07. The van der Waals surface area contributed by atoms with Crippen LogP contribution in [0.15, 0.2) is 65.7 Å². The van der Waals surface area contributed by atoms with Gasteiger partial charge in [-0.25, -0.2) is 0 Å². The largest absolute Gasteiger partial charge is 0.349 e. The van der Waals surface area contributed by atoms with Crippen LogP contribution in [-0.2, 0) is 11.2 Å². The third-order valence-electron chi connectivity index (χ3n) is 4.41. The lowest BCUT2D eigenvalue weighted by atomic mass is 9.80. The van der Waals surface area contributed by atoms with Crippen LogP contribution in [-0.4, -0.2) is 23.5 Å². The van der Waals surface area contributed by atoms with Crippen molar-refractivity contribution in [3.8, 4) is 0 Å². The lowest BCUT2D eigenvalue weighted by molar-refractivity contribution is -0.119. The Balaban J connectivity index is 2.05. The Morgan fingerprint density at radius 2 is 1.48 bits per heavy atom. The van der Waals surface area contributed by atoms with Gasteiger partial charge in [0.15, 0.2) is 11.6 Å². The number of carbonyl (C=O) groups excluding carboxylic acids is 3.